The van der Waals surface area contributed by atoms with E-state index < -0.39 is 9.84 Å². The van der Waals surface area contributed by atoms with Crippen molar-refractivity contribution in [2.45, 2.75) is 50.6 Å². The smallest absolute Gasteiger partial charge is 0.151 e. The predicted octanol–water partition coefficient (Wildman–Crippen LogP) is 1.01. The Balaban J connectivity index is 1.92. The van der Waals surface area contributed by atoms with Crippen LogP contribution in [0.25, 0.3) is 0 Å². The van der Waals surface area contributed by atoms with Crippen molar-refractivity contribution in [2.24, 2.45) is 11.7 Å². The van der Waals surface area contributed by atoms with Crippen LogP contribution in [0.15, 0.2) is 0 Å². The number of sulfone groups is 1. The van der Waals surface area contributed by atoms with Crippen molar-refractivity contribution in [2.75, 3.05) is 25.1 Å². The lowest BCUT2D eigenvalue weighted by Crippen LogP contribution is -2.54. The van der Waals surface area contributed by atoms with Crippen LogP contribution in [0.2, 0.25) is 0 Å². The fourth-order valence-corrected chi connectivity index (χ4v) is 5.40. The zero-order valence-electron chi connectivity index (χ0n) is 11.6. The van der Waals surface area contributed by atoms with Gasteiger partial charge < -0.3 is 10.6 Å². The van der Waals surface area contributed by atoms with Crippen LogP contribution in [0, 0.1) is 5.92 Å². The molecule has 1 saturated carbocycles. The van der Waals surface area contributed by atoms with Gasteiger partial charge in [-0.05, 0) is 32.2 Å². The molecule has 2 aliphatic rings. The first kappa shape index (κ1) is 14.3. The van der Waals surface area contributed by atoms with Crippen molar-refractivity contribution in [1.82, 2.24) is 4.90 Å². The van der Waals surface area contributed by atoms with E-state index in [-0.39, 0.29) is 11.6 Å². The highest BCUT2D eigenvalue weighted by atomic mass is 32.2. The molecule has 2 N–H and O–H groups in total. The Morgan fingerprint density at radius 3 is 2.67 bits per heavy atom. The van der Waals surface area contributed by atoms with E-state index in [1.54, 1.807) is 0 Å². The molecule has 3 atom stereocenters. The SMILES string of the molecule is CC1CCCC(N)(CN(C)C2CCS(=O)(=O)C2)C1. The minimum atomic E-state index is -2.79. The molecule has 0 amide bonds. The summed E-state index contributed by atoms with van der Waals surface area (Å²) < 4.78 is 23.0. The summed E-state index contributed by atoms with van der Waals surface area (Å²) in [6.07, 6.45) is 5.39. The molecule has 1 saturated heterocycles. The van der Waals surface area contributed by atoms with Gasteiger partial charge in [0.25, 0.3) is 0 Å². The van der Waals surface area contributed by atoms with E-state index in [1.807, 2.05) is 7.05 Å². The third-order valence-corrected chi connectivity index (χ3v) is 6.27. The quantitative estimate of drug-likeness (QED) is 0.834. The zero-order chi connectivity index (χ0) is 13.4. The van der Waals surface area contributed by atoms with E-state index in [0.717, 1.165) is 25.8 Å². The Morgan fingerprint density at radius 1 is 1.39 bits per heavy atom. The van der Waals surface area contributed by atoms with Crippen LogP contribution in [-0.2, 0) is 9.84 Å². The number of rotatable bonds is 3. The maximum atomic E-state index is 11.5. The van der Waals surface area contributed by atoms with Crippen LogP contribution in [0.4, 0.5) is 0 Å². The monoisotopic (exact) mass is 274 g/mol. The molecule has 1 aliphatic heterocycles. The second kappa shape index (κ2) is 5.10. The largest absolute Gasteiger partial charge is 0.324 e. The standard InChI is InChI=1S/C13H26N2O2S/c1-11-4-3-6-13(14,8-11)10-15(2)12-5-7-18(16,17)9-12/h11-12H,3-10,14H2,1-2H3. The molecule has 18 heavy (non-hydrogen) atoms. The molecule has 3 unspecified atom stereocenters. The topological polar surface area (TPSA) is 63.4 Å². The van der Waals surface area contributed by atoms with Gasteiger partial charge in [-0.25, -0.2) is 8.42 Å². The van der Waals surface area contributed by atoms with Gasteiger partial charge in [0.15, 0.2) is 9.84 Å². The van der Waals surface area contributed by atoms with Crippen molar-refractivity contribution in [3.8, 4) is 0 Å². The Hall–Kier alpha value is -0.130. The van der Waals surface area contributed by atoms with Gasteiger partial charge in [0, 0.05) is 18.1 Å². The molecular weight excluding hydrogens is 248 g/mol. The highest BCUT2D eigenvalue weighted by Crippen LogP contribution is 2.31. The maximum absolute atomic E-state index is 11.5. The predicted molar refractivity (Wildman–Crippen MR) is 74.2 cm³/mol. The summed E-state index contributed by atoms with van der Waals surface area (Å²) in [6, 6.07) is 0.174. The molecule has 4 nitrogen and oxygen atoms in total. The summed E-state index contributed by atoms with van der Waals surface area (Å²) in [7, 11) is -0.767. The molecular formula is C13H26N2O2S. The van der Waals surface area contributed by atoms with E-state index in [9.17, 15) is 8.42 Å². The molecule has 0 radical (unpaired) electrons. The molecule has 2 rings (SSSR count). The van der Waals surface area contributed by atoms with Gasteiger partial charge in [0.1, 0.15) is 0 Å². The van der Waals surface area contributed by atoms with Gasteiger partial charge in [-0.2, -0.15) is 0 Å². The van der Waals surface area contributed by atoms with Crippen LogP contribution >= 0.6 is 0 Å². The van der Waals surface area contributed by atoms with Crippen LogP contribution < -0.4 is 5.73 Å². The summed E-state index contributed by atoms with van der Waals surface area (Å²) in [5, 5.41) is 0. The molecule has 0 aromatic rings. The fourth-order valence-electron chi connectivity index (χ4n) is 3.59. The lowest BCUT2D eigenvalue weighted by Gasteiger charge is -2.40. The molecule has 0 aromatic heterocycles. The summed E-state index contributed by atoms with van der Waals surface area (Å²) in [4.78, 5) is 2.18. The number of nitrogens with two attached hydrogens (primary N) is 1. The normalized spacial score (nSPS) is 40.2. The van der Waals surface area contributed by atoms with Crippen molar-refractivity contribution in [3.05, 3.63) is 0 Å². The van der Waals surface area contributed by atoms with E-state index in [1.165, 1.54) is 12.8 Å². The Kier molecular flexibility index (Phi) is 4.04. The molecule has 1 aliphatic carbocycles. The Morgan fingerprint density at radius 2 is 2.11 bits per heavy atom. The molecule has 0 aromatic carbocycles. The summed E-state index contributed by atoms with van der Waals surface area (Å²) in [5.74, 6) is 1.36. The molecule has 106 valence electrons. The minimum absolute atomic E-state index is 0.112. The van der Waals surface area contributed by atoms with Crippen molar-refractivity contribution in [3.63, 3.8) is 0 Å². The number of likely N-dealkylation sites (N-methyl/N-ethyl adjacent to an activating group) is 1. The van der Waals surface area contributed by atoms with Crippen LogP contribution in [-0.4, -0.2) is 50.0 Å². The number of hydrogen-bond donors (Lipinski definition) is 1. The lowest BCUT2D eigenvalue weighted by molar-refractivity contribution is 0.145. The average molecular weight is 274 g/mol. The van der Waals surface area contributed by atoms with Gasteiger partial charge in [-0.1, -0.05) is 19.8 Å². The number of nitrogens with zero attached hydrogens (tertiary/aromatic N) is 1. The third kappa shape index (κ3) is 3.45. The van der Waals surface area contributed by atoms with Crippen LogP contribution in [0.3, 0.4) is 0 Å². The second-order valence-corrected chi connectivity index (χ2v) is 8.76. The van der Waals surface area contributed by atoms with Crippen molar-refractivity contribution in [1.29, 1.82) is 0 Å². The highest BCUT2D eigenvalue weighted by Gasteiger charge is 2.36. The first-order valence-electron chi connectivity index (χ1n) is 6.99. The molecule has 5 heteroatoms. The second-order valence-electron chi connectivity index (χ2n) is 6.54. The number of hydrogen-bond acceptors (Lipinski definition) is 4. The average Bonchev–Trinajstić information content (AvgIpc) is 2.57. The van der Waals surface area contributed by atoms with Crippen LogP contribution in [0.1, 0.15) is 39.0 Å². The van der Waals surface area contributed by atoms with Gasteiger partial charge in [-0.3, -0.25) is 0 Å². The van der Waals surface area contributed by atoms with Gasteiger partial charge in [0.2, 0.25) is 0 Å². The Labute approximate surface area is 111 Å². The van der Waals surface area contributed by atoms with E-state index in [4.69, 9.17) is 5.73 Å². The Bertz CT molecular complexity index is 396. The van der Waals surface area contributed by atoms with Gasteiger partial charge in [-0.15, -0.1) is 0 Å². The van der Waals surface area contributed by atoms with Gasteiger partial charge in [0.05, 0.1) is 11.5 Å². The lowest BCUT2D eigenvalue weighted by atomic mass is 9.76. The summed E-state index contributed by atoms with van der Waals surface area (Å²) in [5.41, 5.74) is 6.38. The minimum Gasteiger partial charge on any atom is -0.324 e. The molecule has 0 spiro atoms. The van der Waals surface area contributed by atoms with Crippen molar-refractivity contribution < 1.29 is 8.42 Å². The van der Waals surface area contributed by atoms with E-state index in [2.05, 4.69) is 11.8 Å². The summed E-state index contributed by atoms with van der Waals surface area (Å²) in [6.45, 7) is 3.10. The van der Waals surface area contributed by atoms with Crippen molar-refractivity contribution >= 4 is 9.84 Å². The maximum Gasteiger partial charge on any atom is 0.151 e. The van der Waals surface area contributed by atoms with Crippen LogP contribution in [0.5, 0.6) is 0 Å². The molecule has 2 fully saturated rings. The van der Waals surface area contributed by atoms with E-state index >= 15 is 0 Å². The first-order valence-corrected chi connectivity index (χ1v) is 8.81. The molecule has 0 bridgehead atoms. The van der Waals surface area contributed by atoms with E-state index in [0.29, 0.717) is 17.4 Å². The first-order chi connectivity index (χ1) is 8.30. The third-order valence-electron chi connectivity index (χ3n) is 4.52. The molecule has 1 heterocycles. The fraction of sp³-hybridized carbons (Fsp3) is 1.00. The zero-order valence-corrected chi connectivity index (χ0v) is 12.4. The summed E-state index contributed by atoms with van der Waals surface area (Å²) >= 11 is 0. The van der Waals surface area contributed by atoms with Gasteiger partial charge >= 0.3 is 0 Å². The highest BCUT2D eigenvalue weighted by molar-refractivity contribution is 7.91.